The Bertz CT molecular complexity index is 570. The van der Waals surface area contributed by atoms with Gasteiger partial charge in [0.15, 0.2) is 0 Å². The van der Waals surface area contributed by atoms with E-state index in [1.807, 2.05) is 24.7 Å². The summed E-state index contributed by atoms with van der Waals surface area (Å²) >= 11 is 0. The number of rotatable bonds is 1. The molecule has 1 atom stereocenters. The fourth-order valence-electron chi connectivity index (χ4n) is 3.36. The van der Waals surface area contributed by atoms with Crippen molar-refractivity contribution < 1.29 is 0 Å². The summed E-state index contributed by atoms with van der Waals surface area (Å²) in [5, 5.41) is 3.52. The van der Waals surface area contributed by atoms with Gasteiger partial charge >= 0.3 is 0 Å². The molecule has 0 saturated carbocycles. The number of nitrogens with zero attached hydrogens (tertiary/aromatic N) is 3. The van der Waals surface area contributed by atoms with Crippen LogP contribution >= 0.6 is 0 Å². The molecule has 1 unspecified atom stereocenters. The second-order valence-corrected chi connectivity index (χ2v) is 5.50. The summed E-state index contributed by atoms with van der Waals surface area (Å²) < 4.78 is 0. The molecule has 4 heteroatoms. The Balaban J connectivity index is 1.77. The van der Waals surface area contributed by atoms with Crippen LogP contribution in [0.5, 0.6) is 0 Å². The molecule has 4 rings (SSSR count). The number of pyridine rings is 2. The predicted molar refractivity (Wildman–Crippen MR) is 78.6 cm³/mol. The first-order valence-corrected chi connectivity index (χ1v) is 7.27. The summed E-state index contributed by atoms with van der Waals surface area (Å²) in [6, 6.07) is 6.71. The van der Waals surface area contributed by atoms with Crippen molar-refractivity contribution in [1.29, 1.82) is 0 Å². The number of fused-ring (bicyclic) bond motifs is 2. The van der Waals surface area contributed by atoms with Crippen LogP contribution in [0.1, 0.15) is 29.2 Å². The van der Waals surface area contributed by atoms with E-state index in [-0.39, 0.29) is 0 Å². The Morgan fingerprint density at radius 3 is 3.20 bits per heavy atom. The lowest BCUT2D eigenvalue weighted by Crippen LogP contribution is -2.42. The zero-order valence-corrected chi connectivity index (χ0v) is 11.4. The fourth-order valence-corrected chi connectivity index (χ4v) is 3.36. The van der Waals surface area contributed by atoms with Crippen molar-refractivity contribution in [1.82, 2.24) is 15.3 Å². The summed E-state index contributed by atoms with van der Waals surface area (Å²) in [4.78, 5) is 11.4. The molecule has 2 aliphatic rings. The highest BCUT2D eigenvalue weighted by Gasteiger charge is 2.29. The molecule has 0 saturated heterocycles. The number of aromatic nitrogens is 2. The molecule has 1 N–H and O–H groups in total. The van der Waals surface area contributed by atoms with Crippen LogP contribution in [0.2, 0.25) is 0 Å². The summed E-state index contributed by atoms with van der Waals surface area (Å²) in [5.41, 5.74) is 4.08. The van der Waals surface area contributed by atoms with Crippen LogP contribution < -0.4 is 10.2 Å². The lowest BCUT2D eigenvalue weighted by Gasteiger charge is -2.39. The van der Waals surface area contributed by atoms with E-state index in [9.17, 15) is 0 Å². The molecule has 2 aromatic rings. The summed E-state index contributed by atoms with van der Waals surface area (Å²) in [6.45, 7) is 2.98. The largest absolute Gasteiger partial charge is 0.348 e. The maximum atomic E-state index is 4.63. The molecular formula is C16H18N4. The Kier molecular flexibility index (Phi) is 2.89. The Hall–Kier alpha value is -1.94. The van der Waals surface area contributed by atoms with Crippen LogP contribution in [0.4, 0.5) is 5.82 Å². The van der Waals surface area contributed by atoms with E-state index in [2.05, 4.69) is 32.3 Å². The summed E-state index contributed by atoms with van der Waals surface area (Å²) in [7, 11) is 0. The van der Waals surface area contributed by atoms with Crippen LogP contribution in [-0.4, -0.2) is 23.1 Å². The highest BCUT2D eigenvalue weighted by Crippen LogP contribution is 2.34. The quantitative estimate of drug-likeness (QED) is 0.858. The SMILES string of the molecule is c1cnc2c(c1)CCCN2C1CNCc2ccncc21. The number of hydrogen-bond donors (Lipinski definition) is 1. The molecule has 0 amide bonds. The Morgan fingerprint density at radius 1 is 1.20 bits per heavy atom. The molecule has 4 heterocycles. The van der Waals surface area contributed by atoms with Gasteiger partial charge in [0.25, 0.3) is 0 Å². The minimum atomic E-state index is 0.349. The second-order valence-electron chi connectivity index (χ2n) is 5.50. The summed E-state index contributed by atoms with van der Waals surface area (Å²) in [6.07, 6.45) is 8.14. The lowest BCUT2D eigenvalue weighted by molar-refractivity contribution is 0.494. The maximum absolute atomic E-state index is 4.63. The average Bonchev–Trinajstić information content (AvgIpc) is 2.54. The molecule has 102 valence electrons. The van der Waals surface area contributed by atoms with Gasteiger partial charge in [0, 0.05) is 38.2 Å². The van der Waals surface area contributed by atoms with Gasteiger partial charge in [-0.25, -0.2) is 4.98 Å². The highest BCUT2D eigenvalue weighted by molar-refractivity contribution is 5.52. The van der Waals surface area contributed by atoms with E-state index < -0.39 is 0 Å². The van der Waals surface area contributed by atoms with Crippen LogP contribution in [0.3, 0.4) is 0 Å². The van der Waals surface area contributed by atoms with Crippen molar-refractivity contribution in [2.24, 2.45) is 0 Å². The predicted octanol–water partition coefficient (Wildman–Crippen LogP) is 2.07. The van der Waals surface area contributed by atoms with Crippen molar-refractivity contribution in [3.8, 4) is 0 Å². The number of hydrogen-bond acceptors (Lipinski definition) is 4. The van der Waals surface area contributed by atoms with E-state index in [4.69, 9.17) is 0 Å². The van der Waals surface area contributed by atoms with Crippen molar-refractivity contribution in [3.05, 3.63) is 53.5 Å². The third-order valence-corrected chi connectivity index (χ3v) is 4.32. The van der Waals surface area contributed by atoms with E-state index in [1.165, 1.54) is 23.1 Å². The molecule has 0 aromatic carbocycles. The smallest absolute Gasteiger partial charge is 0.132 e. The van der Waals surface area contributed by atoms with Crippen LogP contribution in [0.25, 0.3) is 0 Å². The minimum absolute atomic E-state index is 0.349. The zero-order chi connectivity index (χ0) is 13.4. The van der Waals surface area contributed by atoms with E-state index >= 15 is 0 Å². The molecule has 20 heavy (non-hydrogen) atoms. The average molecular weight is 266 g/mol. The molecule has 0 bridgehead atoms. The normalized spacial score (nSPS) is 21.2. The molecule has 0 aliphatic carbocycles. The van der Waals surface area contributed by atoms with E-state index in [1.54, 1.807) is 0 Å². The van der Waals surface area contributed by atoms with Gasteiger partial charge < -0.3 is 10.2 Å². The molecule has 2 aromatic heterocycles. The second kappa shape index (κ2) is 4.87. The number of anilines is 1. The third kappa shape index (κ3) is 1.88. The molecule has 0 spiro atoms. The number of aryl methyl sites for hydroxylation is 1. The van der Waals surface area contributed by atoms with Gasteiger partial charge in [0.2, 0.25) is 0 Å². The van der Waals surface area contributed by atoms with Crippen molar-refractivity contribution >= 4 is 5.82 Å². The molecular weight excluding hydrogens is 248 g/mol. The van der Waals surface area contributed by atoms with E-state index in [0.717, 1.165) is 31.9 Å². The topological polar surface area (TPSA) is 41.1 Å². The lowest BCUT2D eigenvalue weighted by atomic mass is 9.95. The van der Waals surface area contributed by atoms with Gasteiger partial charge in [-0.2, -0.15) is 0 Å². The molecule has 4 nitrogen and oxygen atoms in total. The fraction of sp³-hybridized carbons (Fsp3) is 0.375. The van der Waals surface area contributed by atoms with Gasteiger partial charge in [0.1, 0.15) is 5.82 Å². The minimum Gasteiger partial charge on any atom is -0.348 e. The van der Waals surface area contributed by atoms with Crippen molar-refractivity contribution in [2.75, 3.05) is 18.0 Å². The van der Waals surface area contributed by atoms with Crippen molar-refractivity contribution in [3.63, 3.8) is 0 Å². The van der Waals surface area contributed by atoms with Gasteiger partial charge in [0.05, 0.1) is 6.04 Å². The Morgan fingerprint density at radius 2 is 2.20 bits per heavy atom. The van der Waals surface area contributed by atoms with Gasteiger partial charge in [-0.3, -0.25) is 4.98 Å². The van der Waals surface area contributed by atoms with Gasteiger partial charge in [-0.1, -0.05) is 6.07 Å². The van der Waals surface area contributed by atoms with Crippen LogP contribution in [0, 0.1) is 0 Å². The first-order valence-electron chi connectivity index (χ1n) is 7.27. The van der Waals surface area contributed by atoms with Gasteiger partial charge in [-0.05, 0) is 41.7 Å². The zero-order valence-electron chi connectivity index (χ0n) is 11.4. The van der Waals surface area contributed by atoms with E-state index in [0.29, 0.717) is 6.04 Å². The standard InChI is InChI=1S/C16H18N4/c1-3-12-4-2-8-20(16(12)19-6-1)15-11-18-9-13-5-7-17-10-14(13)15/h1,3,5-7,10,15,18H,2,4,8-9,11H2. The van der Waals surface area contributed by atoms with Gasteiger partial charge in [-0.15, -0.1) is 0 Å². The Labute approximate surface area is 118 Å². The molecule has 2 aliphatic heterocycles. The summed E-state index contributed by atoms with van der Waals surface area (Å²) in [5.74, 6) is 1.15. The number of nitrogens with one attached hydrogen (secondary N) is 1. The van der Waals surface area contributed by atoms with Crippen LogP contribution in [-0.2, 0) is 13.0 Å². The first-order chi connectivity index (χ1) is 9.93. The first kappa shape index (κ1) is 11.9. The van der Waals surface area contributed by atoms with Crippen molar-refractivity contribution in [2.45, 2.75) is 25.4 Å². The maximum Gasteiger partial charge on any atom is 0.132 e. The highest BCUT2D eigenvalue weighted by atomic mass is 15.2. The van der Waals surface area contributed by atoms with Crippen LogP contribution in [0.15, 0.2) is 36.8 Å². The monoisotopic (exact) mass is 266 g/mol. The molecule has 0 fully saturated rings. The third-order valence-electron chi connectivity index (χ3n) is 4.32. The molecule has 0 radical (unpaired) electrons.